The number of aromatic amines is 1. The molecule has 0 amide bonds. The summed E-state index contributed by atoms with van der Waals surface area (Å²) >= 11 is 0. The van der Waals surface area contributed by atoms with Gasteiger partial charge < -0.3 is 9.25 Å². The number of aromatic nitrogens is 2. The number of aliphatic imine (C=N–C) groups is 1. The number of aryl methyl sites for hydroxylation is 1. The summed E-state index contributed by atoms with van der Waals surface area (Å²) in [6.45, 7) is 3.76. The van der Waals surface area contributed by atoms with Crippen molar-refractivity contribution in [2.45, 2.75) is 33.1 Å². The van der Waals surface area contributed by atoms with Crippen LogP contribution in [0.25, 0.3) is 11.1 Å². The zero-order chi connectivity index (χ0) is 17.1. The molecule has 0 aliphatic carbocycles. The predicted molar refractivity (Wildman–Crippen MR) is 89.8 cm³/mol. The topological polar surface area (TPSA) is 110 Å². The maximum atomic E-state index is 12.2. The Labute approximate surface area is 136 Å². The third-order valence-electron chi connectivity index (χ3n) is 3.61. The molecule has 0 unspecified atom stereocenters. The van der Waals surface area contributed by atoms with E-state index in [1.165, 1.54) is 6.07 Å². The maximum Gasteiger partial charge on any atom is 0.337 e. The SMILES string of the molecule is CC/C(=N/Oc1nc2oc(=O)cc(CC)c2c(=O)[nH]1)C1=NC=CC1. The van der Waals surface area contributed by atoms with Crippen LogP contribution in [0, 0.1) is 0 Å². The average molecular weight is 328 g/mol. The predicted octanol–water partition coefficient (Wildman–Crippen LogP) is 1.94. The number of allylic oxidation sites excluding steroid dienone is 1. The molecule has 8 heteroatoms. The highest BCUT2D eigenvalue weighted by Gasteiger charge is 2.14. The lowest BCUT2D eigenvalue weighted by molar-refractivity contribution is 0.311. The number of fused-ring (bicyclic) bond motifs is 1. The lowest BCUT2D eigenvalue weighted by atomic mass is 10.1. The molecule has 1 aliphatic heterocycles. The molecule has 1 N–H and O–H groups in total. The van der Waals surface area contributed by atoms with Crippen LogP contribution in [0.2, 0.25) is 0 Å². The van der Waals surface area contributed by atoms with Crippen LogP contribution < -0.4 is 16.0 Å². The van der Waals surface area contributed by atoms with Gasteiger partial charge in [0.05, 0.1) is 5.71 Å². The molecule has 0 bridgehead atoms. The summed E-state index contributed by atoms with van der Waals surface area (Å²) in [5.74, 6) is 0. The van der Waals surface area contributed by atoms with Gasteiger partial charge in [0.2, 0.25) is 5.71 Å². The van der Waals surface area contributed by atoms with Gasteiger partial charge in [-0.3, -0.25) is 14.8 Å². The van der Waals surface area contributed by atoms with Crippen LogP contribution >= 0.6 is 0 Å². The summed E-state index contributed by atoms with van der Waals surface area (Å²) in [7, 11) is 0. The zero-order valence-electron chi connectivity index (χ0n) is 13.3. The third kappa shape index (κ3) is 3.03. The van der Waals surface area contributed by atoms with E-state index in [1.807, 2.05) is 19.9 Å². The van der Waals surface area contributed by atoms with Crippen molar-refractivity contribution >= 4 is 22.5 Å². The highest BCUT2D eigenvalue weighted by atomic mass is 16.6. The quantitative estimate of drug-likeness (QED) is 0.666. The number of H-pyrrole nitrogens is 1. The summed E-state index contributed by atoms with van der Waals surface area (Å²) in [5, 5.41) is 4.24. The zero-order valence-corrected chi connectivity index (χ0v) is 13.3. The molecule has 0 saturated heterocycles. The van der Waals surface area contributed by atoms with E-state index in [2.05, 4.69) is 20.1 Å². The second-order valence-corrected chi connectivity index (χ2v) is 5.14. The van der Waals surface area contributed by atoms with Gasteiger partial charge in [0, 0.05) is 18.7 Å². The van der Waals surface area contributed by atoms with Gasteiger partial charge >= 0.3 is 11.6 Å². The van der Waals surface area contributed by atoms with Crippen LogP contribution in [0.4, 0.5) is 0 Å². The van der Waals surface area contributed by atoms with Gasteiger partial charge in [-0.05, 0) is 18.4 Å². The molecule has 2 aromatic rings. The lowest BCUT2D eigenvalue weighted by Gasteiger charge is -2.05. The first-order chi connectivity index (χ1) is 11.6. The monoisotopic (exact) mass is 328 g/mol. The van der Waals surface area contributed by atoms with Gasteiger partial charge in [-0.15, -0.1) is 0 Å². The Morgan fingerprint density at radius 2 is 2.25 bits per heavy atom. The summed E-state index contributed by atoms with van der Waals surface area (Å²) in [4.78, 5) is 39.8. The van der Waals surface area contributed by atoms with E-state index in [0.29, 0.717) is 30.5 Å². The number of hydrogen-bond donors (Lipinski definition) is 1. The van der Waals surface area contributed by atoms with Gasteiger partial charge in [0.1, 0.15) is 11.1 Å². The molecular formula is C16H16N4O4. The van der Waals surface area contributed by atoms with E-state index in [4.69, 9.17) is 9.25 Å². The van der Waals surface area contributed by atoms with Crippen molar-refractivity contribution in [3.63, 3.8) is 0 Å². The van der Waals surface area contributed by atoms with Crippen LogP contribution in [0.5, 0.6) is 6.01 Å². The van der Waals surface area contributed by atoms with Crippen LogP contribution in [0.1, 0.15) is 32.3 Å². The Hall–Kier alpha value is -3.03. The van der Waals surface area contributed by atoms with Crippen molar-refractivity contribution in [2.75, 3.05) is 0 Å². The van der Waals surface area contributed by atoms with Crippen molar-refractivity contribution in [3.05, 3.63) is 44.7 Å². The molecule has 0 radical (unpaired) electrons. The first-order valence-electron chi connectivity index (χ1n) is 7.65. The Kier molecular flexibility index (Phi) is 4.37. The fourth-order valence-electron chi connectivity index (χ4n) is 2.42. The molecule has 0 spiro atoms. The largest absolute Gasteiger partial charge is 0.403 e. The molecule has 0 atom stereocenters. The molecule has 1 aliphatic rings. The fourth-order valence-corrected chi connectivity index (χ4v) is 2.42. The highest BCUT2D eigenvalue weighted by Crippen LogP contribution is 2.14. The smallest absolute Gasteiger partial charge is 0.337 e. The molecule has 3 heterocycles. The van der Waals surface area contributed by atoms with E-state index < -0.39 is 11.2 Å². The van der Waals surface area contributed by atoms with Gasteiger partial charge in [-0.2, -0.15) is 4.98 Å². The molecule has 24 heavy (non-hydrogen) atoms. The second kappa shape index (κ2) is 6.61. The number of oxime groups is 1. The van der Waals surface area contributed by atoms with Crippen LogP contribution in [-0.2, 0) is 6.42 Å². The van der Waals surface area contributed by atoms with E-state index in [9.17, 15) is 9.59 Å². The van der Waals surface area contributed by atoms with Crippen molar-refractivity contribution in [2.24, 2.45) is 10.1 Å². The Balaban J connectivity index is 1.99. The van der Waals surface area contributed by atoms with Crippen molar-refractivity contribution in [3.8, 4) is 6.01 Å². The first-order valence-corrected chi connectivity index (χ1v) is 7.65. The van der Waals surface area contributed by atoms with Crippen molar-refractivity contribution in [1.29, 1.82) is 0 Å². The van der Waals surface area contributed by atoms with Gasteiger partial charge in [0.25, 0.3) is 5.56 Å². The van der Waals surface area contributed by atoms with Crippen LogP contribution in [0.15, 0.2) is 42.5 Å². The van der Waals surface area contributed by atoms with E-state index in [-0.39, 0.29) is 17.1 Å². The molecule has 2 aromatic heterocycles. The molecule has 0 aromatic carbocycles. The summed E-state index contributed by atoms with van der Waals surface area (Å²) < 4.78 is 5.01. The van der Waals surface area contributed by atoms with Gasteiger partial charge in [-0.1, -0.05) is 25.1 Å². The summed E-state index contributed by atoms with van der Waals surface area (Å²) in [6, 6.07) is 1.15. The van der Waals surface area contributed by atoms with Gasteiger partial charge in [0.15, 0.2) is 0 Å². The van der Waals surface area contributed by atoms with E-state index in [1.54, 1.807) is 6.20 Å². The first kappa shape index (κ1) is 15.9. The lowest BCUT2D eigenvalue weighted by Crippen LogP contribution is -2.16. The Bertz CT molecular complexity index is 982. The average Bonchev–Trinajstić information content (AvgIpc) is 3.08. The molecule has 124 valence electrons. The number of nitrogens with one attached hydrogen (secondary N) is 1. The maximum absolute atomic E-state index is 12.2. The fraction of sp³-hybridized carbons (Fsp3) is 0.312. The minimum absolute atomic E-state index is 0.0637. The van der Waals surface area contributed by atoms with Crippen LogP contribution in [-0.4, -0.2) is 21.4 Å². The summed E-state index contributed by atoms with van der Waals surface area (Å²) in [5.41, 5.74) is 0.972. The third-order valence-corrected chi connectivity index (χ3v) is 3.61. The minimum Gasteiger partial charge on any atom is -0.403 e. The second-order valence-electron chi connectivity index (χ2n) is 5.14. The van der Waals surface area contributed by atoms with E-state index >= 15 is 0 Å². The van der Waals surface area contributed by atoms with Crippen molar-refractivity contribution in [1.82, 2.24) is 9.97 Å². The Morgan fingerprint density at radius 3 is 2.92 bits per heavy atom. The molecule has 8 nitrogen and oxygen atoms in total. The molecule has 0 saturated carbocycles. The minimum atomic E-state index is -0.562. The molecule has 3 rings (SSSR count). The number of hydrogen-bond acceptors (Lipinski definition) is 7. The Morgan fingerprint density at radius 1 is 1.42 bits per heavy atom. The number of nitrogens with zero attached hydrogens (tertiary/aromatic N) is 3. The highest BCUT2D eigenvalue weighted by molar-refractivity contribution is 6.43. The van der Waals surface area contributed by atoms with Crippen molar-refractivity contribution < 1.29 is 9.25 Å². The molecular weight excluding hydrogens is 312 g/mol. The van der Waals surface area contributed by atoms with Crippen LogP contribution in [0.3, 0.4) is 0 Å². The number of rotatable bonds is 5. The standard InChI is InChI=1S/C16H16N4O4/c1-3-9-8-12(21)23-15-13(9)14(22)18-16(19-15)24-20-10(4-2)11-6-5-7-17-11/h5,7-8H,3-4,6H2,1-2H3,(H,18,19,22)/b20-10-. The summed E-state index contributed by atoms with van der Waals surface area (Å²) in [6.07, 6.45) is 5.44. The van der Waals surface area contributed by atoms with Gasteiger partial charge in [-0.25, -0.2) is 4.79 Å². The molecule has 0 fully saturated rings. The van der Waals surface area contributed by atoms with E-state index in [0.717, 1.165) is 5.71 Å². The normalized spacial score (nSPS) is 14.2.